The van der Waals surface area contributed by atoms with E-state index in [0.717, 1.165) is 0 Å². The number of amides is 1. The summed E-state index contributed by atoms with van der Waals surface area (Å²) in [6.07, 6.45) is 0.925. The van der Waals surface area contributed by atoms with E-state index in [1.807, 2.05) is 0 Å². The number of carbonyl (C=O) groups is 2. The zero-order valence-corrected chi connectivity index (χ0v) is 8.79. The van der Waals surface area contributed by atoms with Gasteiger partial charge >= 0.3 is 5.97 Å². The van der Waals surface area contributed by atoms with E-state index in [9.17, 15) is 9.59 Å². The molecule has 0 radical (unpaired) electrons. The van der Waals surface area contributed by atoms with Gasteiger partial charge in [0, 0.05) is 20.0 Å². The molecular weight excluding hydrogens is 182 g/mol. The molecule has 0 atom stereocenters. The van der Waals surface area contributed by atoms with Gasteiger partial charge in [0.15, 0.2) is 0 Å². The molecule has 0 aliphatic heterocycles. The topological polar surface area (TPSA) is 46.6 Å². The van der Waals surface area contributed by atoms with Gasteiger partial charge in [0.1, 0.15) is 0 Å². The van der Waals surface area contributed by atoms with Gasteiger partial charge in [0.25, 0.3) is 5.91 Å². The van der Waals surface area contributed by atoms with Crippen molar-refractivity contribution in [1.82, 2.24) is 4.90 Å². The monoisotopic (exact) mass is 197 g/mol. The quantitative estimate of drug-likeness (QED) is 0.484. The van der Waals surface area contributed by atoms with Gasteiger partial charge in [-0.25, -0.2) is 0 Å². The summed E-state index contributed by atoms with van der Waals surface area (Å²) >= 11 is 0. The van der Waals surface area contributed by atoms with Crippen LogP contribution in [0, 0.1) is 11.8 Å². The summed E-state index contributed by atoms with van der Waals surface area (Å²) in [5.41, 5.74) is 0. The minimum Gasteiger partial charge on any atom is -0.469 e. The van der Waals surface area contributed by atoms with Gasteiger partial charge in [0.2, 0.25) is 0 Å². The normalized spacial score (nSPS) is 8.50. The van der Waals surface area contributed by atoms with Gasteiger partial charge in [-0.3, -0.25) is 9.59 Å². The molecule has 0 heterocycles. The lowest BCUT2D eigenvalue weighted by Crippen LogP contribution is -2.26. The van der Waals surface area contributed by atoms with E-state index in [0.29, 0.717) is 19.4 Å². The van der Waals surface area contributed by atoms with Crippen molar-refractivity contribution in [3.63, 3.8) is 0 Å². The zero-order valence-electron chi connectivity index (χ0n) is 8.79. The van der Waals surface area contributed by atoms with Crippen LogP contribution in [-0.4, -0.2) is 37.5 Å². The summed E-state index contributed by atoms with van der Waals surface area (Å²) in [5, 5.41) is 0. The van der Waals surface area contributed by atoms with E-state index < -0.39 is 0 Å². The Labute approximate surface area is 84.2 Å². The Balaban J connectivity index is 3.72. The summed E-state index contributed by atoms with van der Waals surface area (Å²) in [4.78, 5) is 23.3. The average Bonchev–Trinajstić information content (AvgIpc) is 2.17. The molecule has 0 unspecified atom stereocenters. The van der Waals surface area contributed by atoms with Gasteiger partial charge < -0.3 is 9.64 Å². The first-order chi connectivity index (χ1) is 6.61. The molecule has 0 aliphatic carbocycles. The van der Waals surface area contributed by atoms with Gasteiger partial charge in [-0.2, -0.15) is 0 Å². The largest absolute Gasteiger partial charge is 0.469 e. The smallest absolute Gasteiger partial charge is 0.305 e. The molecule has 0 saturated heterocycles. The molecule has 4 heteroatoms. The molecule has 0 saturated carbocycles. The van der Waals surface area contributed by atoms with Crippen molar-refractivity contribution < 1.29 is 14.3 Å². The van der Waals surface area contributed by atoms with Crippen LogP contribution in [0.25, 0.3) is 0 Å². The van der Waals surface area contributed by atoms with E-state index in [1.54, 1.807) is 14.0 Å². The Bertz CT molecular complexity index is 262. The molecule has 0 aromatic rings. The van der Waals surface area contributed by atoms with Crippen molar-refractivity contribution in [1.29, 1.82) is 0 Å². The number of hydrogen-bond donors (Lipinski definition) is 0. The molecule has 0 bridgehead atoms. The number of hydrogen-bond acceptors (Lipinski definition) is 3. The summed E-state index contributed by atoms with van der Waals surface area (Å²) in [6, 6.07) is 0. The highest BCUT2D eigenvalue weighted by molar-refractivity contribution is 5.93. The maximum Gasteiger partial charge on any atom is 0.305 e. The summed E-state index contributed by atoms with van der Waals surface area (Å²) < 4.78 is 4.47. The molecule has 0 aromatic carbocycles. The molecule has 0 aromatic heterocycles. The molecule has 0 aliphatic rings. The highest BCUT2D eigenvalue weighted by Crippen LogP contribution is 1.94. The van der Waals surface area contributed by atoms with Crippen LogP contribution in [-0.2, 0) is 14.3 Å². The standard InChI is InChI=1S/C10H15NO3/c1-4-6-9(12)11(2)8-5-7-10(13)14-3/h5,7-8H2,1-3H3. The Kier molecular flexibility index (Phi) is 6.21. The third-order valence-corrected chi connectivity index (χ3v) is 1.68. The summed E-state index contributed by atoms with van der Waals surface area (Å²) in [5.74, 6) is 4.46. The molecule has 0 rings (SSSR count). The Morgan fingerprint density at radius 1 is 1.43 bits per heavy atom. The molecule has 14 heavy (non-hydrogen) atoms. The Hall–Kier alpha value is -1.50. The van der Waals surface area contributed by atoms with Gasteiger partial charge in [-0.1, -0.05) is 5.92 Å². The van der Waals surface area contributed by atoms with Crippen LogP contribution >= 0.6 is 0 Å². The SMILES string of the molecule is CC#CC(=O)N(C)CCCC(=O)OC. The lowest BCUT2D eigenvalue weighted by molar-refractivity contribution is -0.141. The fourth-order valence-corrected chi connectivity index (χ4v) is 0.867. The minimum absolute atomic E-state index is 0.225. The van der Waals surface area contributed by atoms with Crippen molar-refractivity contribution in [2.24, 2.45) is 0 Å². The predicted molar refractivity (Wildman–Crippen MR) is 52.3 cm³/mol. The second kappa shape index (κ2) is 6.96. The number of nitrogens with zero attached hydrogens (tertiary/aromatic N) is 1. The second-order valence-corrected chi connectivity index (χ2v) is 2.78. The first kappa shape index (κ1) is 12.5. The molecule has 78 valence electrons. The summed E-state index contributed by atoms with van der Waals surface area (Å²) in [7, 11) is 3.00. The summed E-state index contributed by atoms with van der Waals surface area (Å²) in [6.45, 7) is 2.13. The molecule has 0 fully saturated rings. The van der Waals surface area contributed by atoms with Crippen LogP contribution < -0.4 is 0 Å². The average molecular weight is 197 g/mol. The molecular formula is C10H15NO3. The Morgan fingerprint density at radius 3 is 2.57 bits per heavy atom. The van der Waals surface area contributed by atoms with E-state index >= 15 is 0 Å². The molecule has 0 spiro atoms. The van der Waals surface area contributed by atoms with Crippen molar-refractivity contribution in [2.45, 2.75) is 19.8 Å². The van der Waals surface area contributed by atoms with Crippen molar-refractivity contribution in [2.75, 3.05) is 20.7 Å². The van der Waals surface area contributed by atoms with Gasteiger partial charge in [-0.05, 0) is 19.3 Å². The maximum absolute atomic E-state index is 11.1. The van der Waals surface area contributed by atoms with Crippen molar-refractivity contribution >= 4 is 11.9 Å². The van der Waals surface area contributed by atoms with Crippen LogP contribution in [0.5, 0.6) is 0 Å². The first-order valence-corrected chi connectivity index (χ1v) is 4.36. The zero-order chi connectivity index (χ0) is 11.0. The predicted octanol–water partition coefficient (Wildman–Crippen LogP) is 0.421. The lowest BCUT2D eigenvalue weighted by atomic mass is 10.3. The van der Waals surface area contributed by atoms with Crippen LogP contribution in [0.4, 0.5) is 0 Å². The third kappa shape index (κ3) is 5.20. The van der Waals surface area contributed by atoms with Crippen LogP contribution in [0.15, 0.2) is 0 Å². The van der Waals surface area contributed by atoms with Crippen LogP contribution in [0.1, 0.15) is 19.8 Å². The van der Waals surface area contributed by atoms with Crippen LogP contribution in [0.2, 0.25) is 0 Å². The fraction of sp³-hybridized carbons (Fsp3) is 0.600. The second-order valence-electron chi connectivity index (χ2n) is 2.78. The maximum atomic E-state index is 11.1. The van der Waals surface area contributed by atoms with Gasteiger partial charge in [0.05, 0.1) is 7.11 Å². The molecule has 1 amide bonds. The van der Waals surface area contributed by atoms with Crippen LogP contribution in [0.3, 0.4) is 0 Å². The van der Waals surface area contributed by atoms with E-state index in [-0.39, 0.29) is 11.9 Å². The van der Waals surface area contributed by atoms with E-state index in [1.165, 1.54) is 12.0 Å². The Morgan fingerprint density at radius 2 is 2.07 bits per heavy atom. The van der Waals surface area contributed by atoms with Gasteiger partial charge in [-0.15, -0.1) is 0 Å². The number of methoxy groups -OCH3 is 1. The molecule has 0 N–H and O–H groups in total. The number of carbonyl (C=O) groups excluding carboxylic acids is 2. The van der Waals surface area contributed by atoms with Crippen molar-refractivity contribution in [3.05, 3.63) is 0 Å². The highest BCUT2D eigenvalue weighted by atomic mass is 16.5. The number of esters is 1. The lowest BCUT2D eigenvalue weighted by Gasteiger charge is -2.12. The van der Waals surface area contributed by atoms with Crippen molar-refractivity contribution in [3.8, 4) is 11.8 Å². The number of ether oxygens (including phenoxy) is 1. The first-order valence-electron chi connectivity index (χ1n) is 4.36. The minimum atomic E-state index is -0.257. The fourth-order valence-electron chi connectivity index (χ4n) is 0.867. The molecule has 4 nitrogen and oxygen atoms in total. The third-order valence-electron chi connectivity index (χ3n) is 1.68. The van der Waals surface area contributed by atoms with E-state index in [4.69, 9.17) is 0 Å². The van der Waals surface area contributed by atoms with E-state index in [2.05, 4.69) is 16.6 Å². The number of rotatable bonds is 4. The highest BCUT2D eigenvalue weighted by Gasteiger charge is 2.06.